The zero-order valence-electron chi connectivity index (χ0n) is 12.9. The van der Waals surface area contributed by atoms with Crippen LogP contribution in [0.3, 0.4) is 0 Å². The Kier molecular flexibility index (Phi) is 3.57. The summed E-state index contributed by atoms with van der Waals surface area (Å²) in [6.07, 6.45) is 0. The van der Waals surface area contributed by atoms with E-state index >= 15 is 0 Å². The molecule has 3 nitrogen and oxygen atoms in total. The molecule has 1 fully saturated rings. The maximum absolute atomic E-state index is 9.28. The molecule has 0 aromatic heterocycles. The average molecular weight is 279 g/mol. The Labute approximate surface area is 126 Å². The van der Waals surface area contributed by atoms with Crippen LogP contribution in [0.1, 0.15) is 12.5 Å². The smallest absolute Gasteiger partial charge is 0.0998 e. The standard InChI is InChI=1S/C18H21N3/c1-13-11-21(12-18(13)20(2)3)17-9-8-14(10-19)15-6-4-5-7-16(15)17/h4-9,13,18H,11-12H2,1-3H3. The van der Waals surface area contributed by atoms with Crippen molar-refractivity contribution in [2.45, 2.75) is 13.0 Å². The Balaban J connectivity index is 2.05. The molecule has 0 saturated carbocycles. The topological polar surface area (TPSA) is 30.3 Å². The molecule has 1 aliphatic heterocycles. The van der Waals surface area contributed by atoms with Crippen LogP contribution in [0.15, 0.2) is 36.4 Å². The second-order valence-electron chi connectivity index (χ2n) is 6.20. The van der Waals surface area contributed by atoms with E-state index in [1.807, 2.05) is 18.2 Å². The number of likely N-dealkylation sites (N-methyl/N-ethyl adjacent to an activating group) is 1. The third-order valence-corrected chi connectivity index (χ3v) is 4.60. The zero-order chi connectivity index (χ0) is 15.0. The van der Waals surface area contributed by atoms with Crippen molar-refractivity contribution in [1.82, 2.24) is 4.90 Å². The second kappa shape index (κ2) is 5.38. The highest BCUT2D eigenvalue weighted by Gasteiger charge is 2.31. The van der Waals surface area contributed by atoms with E-state index < -0.39 is 0 Å². The number of hydrogen-bond acceptors (Lipinski definition) is 3. The van der Waals surface area contributed by atoms with Crippen LogP contribution in [-0.4, -0.2) is 38.1 Å². The minimum absolute atomic E-state index is 0.583. The summed E-state index contributed by atoms with van der Waals surface area (Å²) in [5.41, 5.74) is 2.01. The molecule has 2 aromatic carbocycles. The molecule has 0 aliphatic carbocycles. The van der Waals surface area contributed by atoms with Crippen LogP contribution >= 0.6 is 0 Å². The van der Waals surface area contributed by atoms with E-state index in [4.69, 9.17) is 0 Å². The maximum Gasteiger partial charge on any atom is 0.0998 e. The largest absolute Gasteiger partial charge is 0.369 e. The fourth-order valence-electron chi connectivity index (χ4n) is 3.47. The van der Waals surface area contributed by atoms with Crippen LogP contribution in [0.4, 0.5) is 5.69 Å². The fraction of sp³-hybridized carbons (Fsp3) is 0.389. The van der Waals surface area contributed by atoms with Gasteiger partial charge in [0.2, 0.25) is 0 Å². The van der Waals surface area contributed by atoms with Gasteiger partial charge in [0.1, 0.15) is 0 Å². The first kappa shape index (κ1) is 13.9. The first-order valence-corrected chi connectivity index (χ1v) is 7.45. The van der Waals surface area contributed by atoms with Crippen molar-refractivity contribution in [2.75, 3.05) is 32.1 Å². The van der Waals surface area contributed by atoms with E-state index in [0.717, 1.165) is 24.0 Å². The number of rotatable bonds is 2. The molecular weight excluding hydrogens is 258 g/mol. The summed E-state index contributed by atoms with van der Waals surface area (Å²) >= 11 is 0. The van der Waals surface area contributed by atoms with Crippen LogP contribution in [0, 0.1) is 17.2 Å². The van der Waals surface area contributed by atoms with Gasteiger partial charge < -0.3 is 9.80 Å². The summed E-state index contributed by atoms with van der Waals surface area (Å²) in [7, 11) is 4.31. The molecule has 2 aromatic rings. The molecule has 0 amide bonds. The molecule has 0 N–H and O–H groups in total. The highest BCUT2D eigenvalue weighted by molar-refractivity contribution is 5.98. The zero-order valence-corrected chi connectivity index (χ0v) is 12.9. The van der Waals surface area contributed by atoms with E-state index in [2.05, 4.69) is 55.1 Å². The molecule has 108 valence electrons. The van der Waals surface area contributed by atoms with Crippen LogP contribution in [0.2, 0.25) is 0 Å². The lowest BCUT2D eigenvalue weighted by atomic mass is 10.0. The molecule has 0 bridgehead atoms. The summed E-state index contributed by atoms with van der Waals surface area (Å²) in [6, 6.07) is 15.2. The number of hydrogen-bond donors (Lipinski definition) is 0. The van der Waals surface area contributed by atoms with E-state index in [0.29, 0.717) is 12.0 Å². The van der Waals surface area contributed by atoms with E-state index in [1.54, 1.807) is 0 Å². The first-order valence-electron chi connectivity index (χ1n) is 7.45. The fourth-order valence-corrected chi connectivity index (χ4v) is 3.47. The Bertz CT molecular complexity index is 699. The monoisotopic (exact) mass is 279 g/mol. The van der Waals surface area contributed by atoms with Gasteiger partial charge in [0.05, 0.1) is 11.6 Å². The highest BCUT2D eigenvalue weighted by Crippen LogP contribution is 2.33. The van der Waals surface area contributed by atoms with Crippen molar-refractivity contribution in [3.8, 4) is 6.07 Å². The lowest BCUT2D eigenvalue weighted by molar-refractivity contribution is 0.266. The van der Waals surface area contributed by atoms with E-state index in [1.165, 1.54) is 11.1 Å². The minimum atomic E-state index is 0.583. The van der Waals surface area contributed by atoms with Crippen LogP contribution in [0.25, 0.3) is 10.8 Å². The van der Waals surface area contributed by atoms with Gasteiger partial charge in [-0.25, -0.2) is 0 Å². The Morgan fingerprint density at radius 3 is 2.43 bits per heavy atom. The number of fused-ring (bicyclic) bond motifs is 1. The van der Waals surface area contributed by atoms with Gasteiger partial charge in [0.15, 0.2) is 0 Å². The molecule has 0 radical (unpaired) electrons. The second-order valence-corrected chi connectivity index (χ2v) is 6.20. The summed E-state index contributed by atoms with van der Waals surface area (Å²) < 4.78 is 0. The van der Waals surface area contributed by atoms with Gasteiger partial charge in [0, 0.05) is 35.6 Å². The van der Waals surface area contributed by atoms with Gasteiger partial charge in [-0.1, -0.05) is 31.2 Å². The Morgan fingerprint density at radius 1 is 1.10 bits per heavy atom. The van der Waals surface area contributed by atoms with Crippen molar-refractivity contribution >= 4 is 16.5 Å². The lowest BCUT2D eigenvalue weighted by Crippen LogP contribution is -2.34. The first-order chi connectivity index (χ1) is 10.1. The lowest BCUT2D eigenvalue weighted by Gasteiger charge is -2.24. The van der Waals surface area contributed by atoms with Crippen LogP contribution in [0.5, 0.6) is 0 Å². The average Bonchev–Trinajstić information content (AvgIpc) is 2.88. The SMILES string of the molecule is CC1CN(c2ccc(C#N)c3ccccc23)CC1N(C)C. The van der Waals surface area contributed by atoms with E-state index in [9.17, 15) is 5.26 Å². The van der Waals surface area contributed by atoms with Gasteiger partial charge in [-0.2, -0.15) is 5.26 Å². The number of nitrogens with zero attached hydrogens (tertiary/aromatic N) is 3. The predicted molar refractivity (Wildman–Crippen MR) is 87.5 cm³/mol. The van der Waals surface area contributed by atoms with Gasteiger partial charge in [-0.15, -0.1) is 0 Å². The predicted octanol–water partition coefficient (Wildman–Crippen LogP) is 3.10. The molecule has 3 heteroatoms. The van der Waals surface area contributed by atoms with E-state index in [-0.39, 0.29) is 0 Å². The molecule has 0 spiro atoms. The van der Waals surface area contributed by atoms with Crippen molar-refractivity contribution in [3.63, 3.8) is 0 Å². The van der Waals surface area contributed by atoms with Gasteiger partial charge in [-0.3, -0.25) is 0 Å². The number of nitriles is 1. The summed E-state index contributed by atoms with van der Waals surface area (Å²) in [5, 5.41) is 11.5. The number of anilines is 1. The van der Waals surface area contributed by atoms with Crippen molar-refractivity contribution in [3.05, 3.63) is 42.0 Å². The molecular formula is C18H21N3. The maximum atomic E-state index is 9.28. The molecule has 1 heterocycles. The Morgan fingerprint density at radius 2 is 1.81 bits per heavy atom. The normalized spacial score (nSPS) is 22.0. The molecule has 3 rings (SSSR count). The van der Waals surface area contributed by atoms with Crippen molar-refractivity contribution in [2.24, 2.45) is 5.92 Å². The molecule has 2 atom stereocenters. The third kappa shape index (κ3) is 2.36. The summed E-state index contributed by atoms with van der Waals surface area (Å²) in [4.78, 5) is 4.77. The quantitative estimate of drug-likeness (QED) is 0.846. The van der Waals surface area contributed by atoms with Gasteiger partial charge in [-0.05, 0) is 32.1 Å². The molecule has 2 unspecified atom stereocenters. The summed E-state index contributed by atoms with van der Waals surface area (Å²) in [6.45, 7) is 4.43. The third-order valence-electron chi connectivity index (χ3n) is 4.60. The van der Waals surface area contributed by atoms with Crippen molar-refractivity contribution in [1.29, 1.82) is 5.26 Å². The number of benzene rings is 2. The summed E-state index contributed by atoms with van der Waals surface area (Å²) in [5.74, 6) is 0.648. The Hall–Kier alpha value is -2.05. The highest BCUT2D eigenvalue weighted by atomic mass is 15.2. The van der Waals surface area contributed by atoms with Crippen molar-refractivity contribution < 1.29 is 0 Å². The molecule has 1 saturated heterocycles. The molecule has 1 aliphatic rings. The van der Waals surface area contributed by atoms with Crippen LogP contribution < -0.4 is 4.90 Å². The molecule has 21 heavy (non-hydrogen) atoms. The minimum Gasteiger partial charge on any atom is -0.369 e. The van der Waals surface area contributed by atoms with Crippen LogP contribution in [-0.2, 0) is 0 Å². The van der Waals surface area contributed by atoms with Gasteiger partial charge in [0.25, 0.3) is 0 Å². The van der Waals surface area contributed by atoms with Gasteiger partial charge >= 0.3 is 0 Å².